The minimum atomic E-state index is -0.0696. The van der Waals surface area contributed by atoms with Crippen LogP contribution < -0.4 is 5.32 Å². The second kappa shape index (κ2) is 7.72. The number of carbonyl (C=O) groups excluding carboxylic acids is 1. The van der Waals surface area contributed by atoms with Crippen LogP contribution >= 0.6 is 34.4 Å². The summed E-state index contributed by atoms with van der Waals surface area (Å²) in [5.41, 5.74) is 2.18. The van der Waals surface area contributed by atoms with Crippen LogP contribution in [0.3, 0.4) is 0 Å². The van der Waals surface area contributed by atoms with Gasteiger partial charge in [0.1, 0.15) is 0 Å². The summed E-state index contributed by atoms with van der Waals surface area (Å²) in [6.07, 6.45) is 0.345. The predicted molar refractivity (Wildman–Crippen MR) is 97.3 cm³/mol. The standard InChI is InChI=1S/C16H15N3OS3/c1-11-4-6-12(7-5-11)9-14(20)17-15-18-19-16(23-15)22-10-13-3-2-8-21-13/h2-8H,9-10H2,1H3,(H,17,18,20). The molecule has 0 aliphatic rings. The van der Waals surface area contributed by atoms with Crippen LogP contribution in [-0.2, 0) is 17.0 Å². The van der Waals surface area contributed by atoms with Gasteiger partial charge in [-0.25, -0.2) is 0 Å². The van der Waals surface area contributed by atoms with E-state index in [1.165, 1.54) is 21.8 Å². The van der Waals surface area contributed by atoms with Crippen LogP contribution in [0, 0.1) is 6.92 Å². The Morgan fingerprint density at radius 1 is 1.22 bits per heavy atom. The van der Waals surface area contributed by atoms with Crippen molar-refractivity contribution in [1.29, 1.82) is 0 Å². The zero-order chi connectivity index (χ0) is 16.1. The zero-order valence-corrected chi connectivity index (χ0v) is 14.9. The number of hydrogen-bond donors (Lipinski definition) is 1. The molecule has 0 aliphatic carbocycles. The largest absolute Gasteiger partial charge is 0.300 e. The van der Waals surface area contributed by atoms with Crippen LogP contribution in [0.15, 0.2) is 46.1 Å². The number of thiophene rings is 1. The number of aryl methyl sites for hydroxylation is 1. The first-order chi connectivity index (χ1) is 11.2. The lowest BCUT2D eigenvalue weighted by Gasteiger charge is -2.02. The first-order valence-corrected chi connectivity index (χ1v) is 9.71. The van der Waals surface area contributed by atoms with Crippen LogP contribution in [0.1, 0.15) is 16.0 Å². The Balaban J connectivity index is 1.51. The van der Waals surface area contributed by atoms with Gasteiger partial charge in [-0.3, -0.25) is 4.79 Å². The Morgan fingerprint density at radius 3 is 2.78 bits per heavy atom. The third kappa shape index (κ3) is 4.89. The number of amides is 1. The highest BCUT2D eigenvalue weighted by atomic mass is 32.2. The van der Waals surface area contributed by atoms with Crippen molar-refractivity contribution in [2.75, 3.05) is 5.32 Å². The summed E-state index contributed by atoms with van der Waals surface area (Å²) in [6.45, 7) is 2.03. The summed E-state index contributed by atoms with van der Waals surface area (Å²) in [6, 6.07) is 12.1. The molecule has 23 heavy (non-hydrogen) atoms. The molecule has 1 amide bonds. The van der Waals surface area contributed by atoms with Crippen molar-refractivity contribution in [1.82, 2.24) is 10.2 Å². The molecule has 118 valence electrons. The second-order valence-corrected chi connectivity index (χ2v) is 8.18. The topological polar surface area (TPSA) is 54.9 Å². The van der Waals surface area contributed by atoms with Crippen LogP contribution in [0.25, 0.3) is 0 Å². The van der Waals surface area contributed by atoms with Gasteiger partial charge >= 0.3 is 0 Å². The van der Waals surface area contributed by atoms with Crippen LogP contribution in [0.4, 0.5) is 5.13 Å². The summed E-state index contributed by atoms with van der Waals surface area (Å²) in [7, 11) is 0. The third-order valence-electron chi connectivity index (χ3n) is 3.06. The molecule has 0 unspecified atom stereocenters. The first-order valence-electron chi connectivity index (χ1n) is 7.03. The van der Waals surface area contributed by atoms with Crippen molar-refractivity contribution < 1.29 is 4.79 Å². The molecule has 2 heterocycles. The van der Waals surface area contributed by atoms with Crippen molar-refractivity contribution in [3.63, 3.8) is 0 Å². The summed E-state index contributed by atoms with van der Waals surface area (Å²) >= 11 is 4.77. The number of carbonyl (C=O) groups is 1. The molecule has 0 aliphatic heterocycles. The normalized spacial score (nSPS) is 10.7. The van der Waals surface area contributed by atoms with E-state index in [9.17, 15) is 4.79 Å². The minimum Gasteiger partial charge on any atom is -0.300 e. The van der Waals surface area contributed by atoms with Crippen molar-refractivity contribution in [3.05, 3.63) is 57.8 Å². The summed E-state index contributed by atoms with van der Waals surface area (Å²) in [5.74, 6) is 0.809. The average molecular weight is 362 g/mol. The molecule has 0 fully saturated rings. The smallest absolute Gasteiger partial charge is 0.230 e. The summed E-state index contributed by atoms with van der Waals surface area (Å²) in [4.78, 5) is 13.3. The third-order valence-corrected chi connectivity index (χ3v) is 6.14. The molecule has 0 spiro atoms. The van der Waals surface area contributed by atoms with Crippen molar-refractivity contribution in [2.24, 2.45) is 0 Å². The molecule has 0 saturated heterocycles. The Morgan fingerprint density at radius 2 is 2.04 bits per heavy atom. The maximum absolute atomic E-state index is 12.0. The molecule has 1 aromatic carbocycles. The van der Waals surface area contributed by atoms with Gasteiger partial charge in [-0.05, 0) is 23.9 Å². The van der Waals surface area contributed by atoms with Crippen molar-refractivity contribution in [2.45, 2.75) is 23.4 Å². The van der Waals surface area contributed by atoms with Gasteiger partial charge in [0.05, 0.1) is 6.42 Å². The second-order valence-electron chi connectivity index (χ2n) is 4.95. The summed E-state index contributed by atoms with van der Waals surface area (Å²) in [5, 5.41) is 13.6. The number of nitrogens with zero attached hydrogens (tertiary/aromatic N) is 2. The lowest BCUT2D eigenvalue weighted by atomic mass is 10.1. The van der Waals surface area contributed by atoms with Crippen LogP contribution in [0.2, 0.25) is 0 Å². The minimum absolute atomic E-state index is 0.0696. The van der Waals surface area contributed by atoms with Crippen molar-refractivity contribution in [3.8, 4) is 0 Å². The maximum Gasteiger partial charge on any atom is 0.230 e. The lowest BCUT2D eigenvalue weighted by molar-refractivity contribution is -0.115. The van der Waals surface area contributed by atoms with Gasteiger partial charge in [0.15, 0.2) is 4.34 Å². The fourth-order valence-corrected chi connectivity index (χ4v) is 4.44. The Kier molecular flexibility index (Phi) is 5.43. The maximum atomic E-state index is 12.0. The van der Waals surface area contributed by atoms with Crippen LogP contribution in [-0.4, -0.2) is 16.1 Å². The fourth-order valence-electron chi connectivity index (χ4n) is 1.90. The SMILES string of the molecule is Cc1ccc(CC(=O)Nc2nnc(SCc3cccs3)s2)cc1. The Labute approximate surface area is 147 Å². The van der Waals surface area contributed by atoms with Gasteiger partial charge in [0.2, 0.25) is 11.0 Å². The van der Waals surface area contributed by atoms with Gasteiger partial charge in [0.25, 0.3) is 0 Å². The fraction of sp³-hybridized carbons (Fsp3) is 0.188. The van der Waals surface area contributed by atoms with E-state index < -0.39 is 0 Å². The van der Waals surface area contributed by atoms with E-state index in [0.717, 1.165) is 15.7 Å². The van der Waals surface area contributed by atoms with E-state index in [-0.39, 0.29) is 5.91 Å². The monoisotopic (exact) mass is 361 g/mol. The van der Waals surface area contributed by atoms with Gasteiger partial charge < -0.3 is 5.32 Å². The first kappa shape index (κ1) is 16.2. The van der Waals surface area contributed by atoms with Gasteiger partial charge in [-0.15, -0.1) is 21.5 Å². The molecule has 0 saturated carbocycles. The number of hydrogen-bond acceptors (Lipinski definition) is 6. The highest BCUT2D eigenvalue weighted by Crippen LogP contribution is 2.29. The van der Waals surface area contributed by atoms with Crippen molar-refractivity contribution >= 4 is 45.5 Å². The number of thioether (sulfide) groups is 1. The van der Waals surface area contributed by atoms with E-state index in [2.05, 4.69) is 27.0 Å². The quantitative estimate of drug-likeness (QED) is 0.523. The summed E-state index contributed by atoms with van der Waals surface area (Å²) < 4.78 is 0.865. The number of rotatable bonds is 6. The molecule has 7 heteroatoms. The molecule has 2 aromatic heterocycles. The Hall–Kier alpha value is -1.70. The van der Waals surface area contributed by atoms with E-state index in [0.29, 0.717) is 11.6 Å². The molecular weight excluding hydrogens is 346 g/mol. The molecule has 1 N–H and O–H groups in total. The average Bonchev–Trinajstić information content (AvgIpc) is 3.19. The van der Waals surface area contributed by atoms with E-state index >= 15 is 0 Å². The van der Waals surface area contributed by atoms with Crippen LogP contribution in [0.5, 0.6) is 0 Å². The molecule has 4 nitrogen and oxygen atoms in total. The Bertz CT molecular complexity index is 766. The molecule has 0 bridgehead atoms. The molecule has 3 rings (SSSR count). The van der Waals surface area contributed by atoms with Gasteiger partial charge in [0, 0.05) is 10.6 Å². The number of benzene rings is 1. The van der Waals surface area contributed by atoms with E-state index in [4.69, 9.17) is 0 Å². The number of anilines is 1. The number of nitrogens with one attached hydrogen (secondary N) is 1. The molecule has 0 atom stereocenters. The van der Waals surface area contributed by atoms with Gasteiger partial charge in [-0.1, -0.05) is 59.0 Å². The predicted octanol–water partition coefficient (Wildman–Crippen LogP) is 4.38. The lowest BCUT2D eigenvalue weighted by Crippen LogP contribution is -2.14. The zero-order valence-electron chi connectivity index (χ0n) is 12.5. The highest BCUT2D eigenvalue weighted by molar-refractivity contribution is 8.00. The van der Waals surface area contributed by atoms with Gasteiger partial charge in [-0.2, -0.15) is 0 Å². The molecule has 3 aromatic rings. The molecular formula is C16H15N3OS3. The molecule has 0 radical (unpaired) electrons. The van der Waals surface area contributed by atoms with E-state index in [1.54, 1.807) is 23.1 Å². The highest BCUT2D eigenvalue weighted by Gasteiger charge is 2.09. The number of aromatic nitrogens is 2. The van der Waals surface area contributed by atoms with E-state index in [1.807, 2.05) is 37.3 Å².